The minimum atomic E-state index is -0.426. The monoisotopic (exact) mass is 290 g/mol. The molecular weight excluding hydrogens is 268 g/mol. The Hall–Kier alpha value is -2.24. The molecule has 4 N–H and O–H groups in total. The van der Waals surface area contributed by atoms with E-state index in [1.165, 1.54) is 0 Å². The summed E-state index contributed by atoms with van der Waals surface area (Å²) in [5.74, 6) is -0.115. The summed E-state index contributed by atoms with van der Waals surface area (Å²) in [6.45, 7) is 3.28. The van der Waals surface area contributed by atoms with E-state index >= 15 is 0 Å². The highest BCUT2D eigenvalue weighted by molar-refractivity contribution is 5.96. The number of hydrogen-bond donors (Lipinski definition) is 3. The second-order valence-corrected chi connectivity index (χ2v) is 5.66. The fourth-order valence-corrected chi connectivity index (χ4v) is 2.76. The van der Waals surface area contributed by atoms with Crippen molar-refractivity contribution in [2.45, 2.75) is 13.3 Å². The van der Waals surface area contributed by atoms with E-state index in [-0.39, 0.29) is 11.8 Å². The zero-order valence-corrected chi connectivity index (χ0v) is 12.7. The Morgan fingerprint density at radius 2 is 2.00 bits per heavy atom. The molecule has 1 unspecified atom stereocenters. The third kappa shape index (κ3) is 2.79. The van der Waals surface area contributed by atoms with Crippen LogP contribution in [0.4, 0.5) is 11.4 Å². The van der Waals surface area contributed by atoms with Crippen LogP contribution in [0.5, 0.6) is 0 Å². The quantitative estimate of drug-likeness (QED) is 0.711. The van der Waals surface area contributed by atoms with E-state index in [4.69, 9.17) is 5.73 Å². The number of benzene rings is 1. The molecule has 1 fully saturated rings. The Bertz CT molecular complexity index is 573. The van der Waals surface area contributed by atoms with E-state index < -0.39 is 5.41 Å². The summed E-state index contributed by atoms with van der Waals surface area (Å²) in [6, 6.07) is 5.21. The van der Waals surface area contributed by atoms with Gasteiger partial charge >= 0.3 is 0 Å². The van der Waals surface area contributed by atoms with Gasteiger partial charge in [-0.05, 0) is 31.5 Å². The molecule has 1 aromatic rings. The van der Waals surface area contributed by atoms with E-state index in [2.05, 4.69) is 15.5 Å². The van der Waals surface area contributed by atoms with Gasteiger partial charge in [-0.3, -0.25) is 9.59 Å². The van der Waals surface area contributed by atoms with Crippen molar-refractivity contribution in [3.8, 4) is 0 Å². The van der Waals surface area contributed by atoms with Crippen LogP contribution in [0, 0.1) is 5.41 Å². The molecule has 0 spiro atoms. The topological polar surface area (TPSA) is 87.5 Å². The number of rotatable bonds is 3. The zero-order chi connectivity index (χ0) is 15.6. The van der Waals surface area contributed by atoms with Crippen molar-refractivity contribution in [2.75, 3.05) is 37.8 Å². The molecule has 6 heteroatoms. The van der Waals surface area contributed by atoms with E-state index in [1.54, 1.807) is 32.3 Å². The number of anilines is 2. The first kappa shape index (κ1) is 15.2. The number of carbonyl (C=O) groups is 2. The molecule has 0 aromatic heterocycles. The van der Waals surface area contributed by atoms with Gasteiger partial charge in [-0.25, -0.2) is 0 Å². The number of nitrogens with two attached hydrogens (primary N) is 1. The van der Waals surface area contributed by atoms with E-state index in [0.29, 0.717) is 17.8 Å². The fourth-order valence-electron chi connectivity index (χ4n) is 2.76. The van der Waals surface area contributed by atoms with Crippen molar-refractivity contribution in [1.82, 2.24) is 10.6 Å². The Kier molecular flexibility index (Phi) is 4.06. The molecule has 1 saturated heterocycles. The summed E-state index contributed by atoms with van der Waals surface area (Å²) in [5, 5.41) is 5.31. The summed E-state index contributed by atoms with van der Waals surface area (Å²) < 4.78 is 0. The summed E-state index contributed by atoms with van der Waals surface area (Å²) in [7, 11) is 3.24. The highest BCUT2D eigenvalue weighted by Gasteiger charge is 2.40. The van der Waals surface area contributed by atoms with Crippen LogP contribution in [0.15, 0.2) is 18.2 Å². The summed E-state index contributed by atoms with van der Waals surface area (Å²) >= 11 is 0. The van der Waals surface area contributed by atoms with Gasteiger partial charge in [0.05, 0.1) is 16.8 Å². The number of hydrogen-bond acceptors (Lipinski definition) is 4. The molecule has 1 aromatic carbocycles. The first-order chi connectivity index (χ1) is 9.91. The molecule has 0 saturated carbocycles. The lowest BCUT2D eigenvalue weighted by Gasteiger charge is -2.25. The first-order valence-electron chi connectivity index (χ1n) is 7.00. The van der Waals surface area contributed by atoms with Crippen LogP contribution in [0.3, 0.4) is 0 Å². The highest BCUT2D eigenvalue weighted by atomic mass is 16.2. The molecule has 2 amide bonds. The Morgan fingerprint density at radius 3 is 2.62 bits per heavy atom. The van der Waals surface area contributed by atoms with Crippen molar-refractivity contribution >= 4 is 23.2 Å². The standard InChI is InChI=1S/C15H22N4O2/c1-15(14(21)18-3)6-7-19(9-15)12-8-10(13(20)17-2)4-5-11(12)16/h4-5,8H,6-7,9,16H2,1-3H3,(H,17,20)(H,18,21). The van der Waals surface area contributed by atoms with Gasteiger partial charge in [0.25, 0.3) is 5.91 Å². The van der Waals surface area contributed by atoms with Gasteiger partial charge in [0, 0.05) is 32.7 Å². The molecule has 114 valence electrons. The van der Waals surface area contributed by atoms with Crippen LogP contribution < -0.4 is 21.3 Å². The Labute approximate surface area is 124 Å². The Balaban J connectivity index is 2.27. The molecule has 0 bridgehead atoms. The number of nitrogens with zero attached hydrogens (tertiary/aromatic N) is 1. The van der Waals surface area contributed by atoms with E-state index in [9.17, 15) is 9.59 Å². The van der Waals surface area contributed by atoms with Crippen LogP contribution in [-0.2, 0) is 4.79 Å². The van der Waals surface area contributed by atoms with Gasteiger partial charge in [-0.1, -0.05) is 0 Å². The lowest BCUT2D eigenvalue weighted by Crippen LogP contribution is -2.39. The third-order valence-electron chi connectivity index (χ3n) is 4.11. The van der Waals surface area contributed by atoms with Crippen molar-refractivity contribution in [1.29, 1.82) is 0 Å². The number of carbonyl (C=O) groups excluding carboxylic acids is 2. The number of nitrogen functional groups attached to an aromatic ring is 1. The largest absolute Gasteiger partial charge is 0.397 e. The average molecular weight is 290 g/mol. The summed E-state index contributed by atoms with van der Waals surface area (Å²) in [5.41, 5.74) is 7.60. The maximum Gasteiger partial charge on any atom is 0.251 e. The van der Waals surface area contributed by atoms with Gasteiger partial charge in [-0.15, -0.1) is 0 Å². The second-order valence-electron chi connectivity index (χ2n) is 5.66. The zero-order valence-electron chi connectivity index (χ0n) is 12.7. The van der Waals surface area contributed by atoms with Crippen molar-refractivity contribution in [3.63, 3.8) is 0 Å². The summed E-state index contributed by atoms with van der Waals surface area (Å²) in [6.07, 6.45) is 0.760. The molecule has 21 heavy (non-hydrogen) atoms. The van der Waals surface area contributed by atoms with E-state index in [0.717, 1.165) is 18.7 Å². The van der Waals surface area contributed by atoms with Crippen LogP contribution in [0.2, 0.25) is 0 Å². The predicted octanol–water partition coefficient (Wildman–Crippen LogP) is 0.591. The molecule has 1 heterocycles. The molecule has 0 aliphatic carbocycles. The third-order valence-corrected chi connectivity index (χ3v) is 4.11. The van der Waals surface area contributed by atoms with Gasteiger partial charge < -0.3 is 21.3 Å². The maximum atomic E-state index is 12.0. The number of amides is 2. The lowest BCUT2D eigenvalue weighted by atomic mass is 9.89. The predicted molar refractivity (Wildman–Crippen MR) is 83.2 cm³/mol. The minimum Gasteiger partial charge on any atom is -0.397 e. The second kappa shape index (κ2) is 5.63. The van der Waals surface area contributed by atoms with Gasteiger partial charge in [0.1, 0.15) is 0 Å². The molecule has 6 nitrogen and oxygen atoms in total. The van der Waals surface area contributed by atoms with E-state index in [1.807, 2.05) is 6.92 Å². The SMILES string of the molecule is CNC(=O)c1ccc(N)c(N2CCC(C)(C(=O)NC)C2)c1. The van der Waals surface area contributed by atoms with Crippen molar-refractivity contribution < 1.29 is 9.59 Å². The normalized spacial score (nSPS) is 21.2. The van der Waals surface area contributed by atoms with Crippen molar-refractivity contribution in [3.05, 3.63) is 23.8 Å². The molecule has 1 aliphatic heterocycles. The van der Waals surface area contributed by atoms with Gasteiger partial charge in [0.2, 0.25) is 5.91 Å². The van der Waals surface area contributed by atoms with Gasteiger partial charge in [0.15, 0.2) is 0 Å². The average Bonchev–Trinajstić information content (AvgIpc) is 2.89. The molecule has 1 atom stereocenters. The minimum absolute atomic E-state index is 0.0334. The van der Waals surface area contributed by atoms with Crippen LogP contribution in [-0.4, -0.2) is 39.0 Å². The van der Waals surface area contributed by atoms with Crippen LogP contribution in [0.1, 0.15) is 23.7 Å². The molecule has 1 aliphatic rings. The molecule has 0 radical (unpaired) electrons. The first-order valence-corrected chi connectivity index (χ1v) is 7.00. The highest BCUT2D eigenvalue weighted by Crippen LogP contribution is 2.36. The van der Waals surface area contributed by atoms with Crippen LogP contribution in [0.25, 0.3) is 0 Å². The van der Waals surface area contributed by atoms with Crippen molar-refractivity contribution in [2.24, 2.45) is 5.41 Å². The number of nitrogens with one attached hydrogen (secondary N) is 2. The lowest BCUT2D eigenvalue weighted by molar-refractivity contribution is -0.128. The van der Waals surface area contributed by atoms with Crippen LogP contribution >= 0.6 is 0 Å². The Morgan fingerprint density at radius 1 is 1.29 bits per heavy atom. The summed E-state index contributed by atoms with van der Waals surface area (Å²) in [4.78, 5) is 25.8. The molecular formula is C15H22N4O2. The molecule has 2 rings (SSSR count). The fraction of sp³-hybridized carbons (Fsp3) is 0.467. The van der Waals surface area contributed by atoms with Gasteiger partial charge in [-0.2, -0.15) is 0 Å². The maximum absolute atomic E-state index is 12.0. The smallest absolute Gasteiger partial charge is 0.251 e.